The Bertz CT molecular complexity index is 146. The first-order chi connectivity index (χ1) is 5.68. The third kappa shape index (κ3) is 5.18. The molecule has 1 saturated carbocycles. The van der Waals surface area contributed by atoms with E-state index in [4.69, 9.17) is 0 Å². The maximum Gasteiger partial charge on any atom is 0 e. The normalized spacial score (nSPS) is 29.2. The standard InChI is InChI=1S/C8H12.C4H10.B/c1-2-7-4-5-8(3-1)6-7;1-4(2)3;/h1-2,7-8H,3-6H2;4H,1-3H3;. The van der Waals surface area contributed by atoms with Crippen LogP contribution in [0.2, 0.25) is 0 Å². The average Bonchev–Trinajstić information content (AvgIpc) is 2.30. The molecule has 2 aliphatic carbocycles. The summed E-state index contributed by atoms with van der Waals surface area (Å²) in [5.41, 5.74) is 0. The molecule has 0 aromatic carbocycles. The van der Waals surface area contributed by atoms with Gasteiger partial charge in [-0.3, -0.25) is 0 Å². The monoisotopic (exact) mass is 177 g/mol. The molecule has 0 aromatic heterocycles. The van der Waals surface area contributed by atoms with Crippen molar-refractivity contribution in [1.29, 1.82) is 0 Å². The summed E-state index contributed by atoms with van der Waals surface area (Å²) in [7, 11) is 0. The molecular formula is C12H22B. The maximum atomic E-state index is 2.41. The van der Waals surface area contributed by atoms with Crippen molar-refractivity contribution in [3.8, 4) is 0 Å². The van der Waals surface area contributed by atoms with E-state index in [-0.39, 0.29) is 8.41 Å². The van der Waals surface area contributed by atoms with Crippen LogP contribution in [0.3, 0.4) is 0 Å². The lowest BCUT2D eigenvalue weighted by atomic mass is 9.96. The summed E-state index contributed by atoms with van der Waals surface area (Å²) in [6.07, 6.45) is 10.6. The molecule has 0 aromatic rings. The Balaban J connectivity index is 0.000000256. The summed E-state index contributed by atoms with van der Waals surface area (Å²) in [6.45, 7) is 6.50. The highest BCUT2D eigenvalue weighted by atomic mass is 14.3. The number of hydrogen-bond acceptors (Lipinski definition) is 0. The molecule has 0 heterocycles. The lowest BCUT2D eigenvalue weighted by molar-refractivity contribution is 0.519. The van der Waals surface area contributed by atoms with Gasteiger partial charge < -0.3 is 0 Å². The Morgan fingerprint density at radius 2 is 1.77 bits per heavy atom. The van der Waals surface area contributed by atoms with Gasteiger partial charge in [-0.05, 0) is 43.4 Å². The predicted molar refractivity (Wildman–Crippen MR) is 60.9 cm³/mol. The van der Waals surface area contributed by atoms with E-state index in [1.165, 1.54) is 25.7 Å². The van der Waals surface area contributed by atoms with Crippen molar-refractivity contribution >= 4 is 8.41 Å². The Labute approximate surface area is 85.4 Å². The predicted octanol–water partition coefficient (Wildman–Crippen LogP) is 3.64. The molecule has 2 aliphatic rings. The minimum absolute atomic E-state index is 0. The molecule has 2 unspecified atom stereocenters. The van der Waals surface area contributed by atoms with Gasteiger partial charge in [-0.25, -0.2) is 0 Å². The van der Waals surface area contributed by atoms with Crippen LogP contribution in [0.1, 0.15) is 46.5 Å². The van der Waals surface area contributed by atoms with Crippen LogP contribution in [0.25, 0.3) is 0 Å². The van der Waals surface area contributed by atoms with Gasteiger partial charge in [0, 0.05) is 8.41 Å². The summed E-state index contributed by atoms with van der Waals surface area (Å²) in [5, 5.41) is 0. The first-order valence-electron chi connectivity index (χ1n) is 5.35. The lowest BCUT2D eigenvalue weighted by Gasteiger charge is -2.10. The molecule has 1 heteroatoms. The highest BCUT2D eigenvalue weighted by Gasteiger charge is 2.24. The van der Waals surface area contributed by atoms with E-state index in [0.29, 0.717) is 0 Å². The largest absolute Gasteiger partial charge is 0.0880 e. The molecule has 2 atom stereocenters. The Morgan fingerprint density at radius 1 is 1.15 bits per heavy atom. The second-order valence-electron chi connectivity index (χ2n) is 4.84. The van der Waals surface area contributed by atoms with Gasteiger partial charge in [0.2, 0.25) is 0 Å². The van der Waals surface area contributed by atoms with E-state index >= 15 is 0 Å². The van der Waals surface area contributed by atoms with Gasteiger partial charge in [0.1, 0.15) is 0 Å². The first-order valence-corrected chi connectivity index (χ1v) is 5.35. The van der Waals surface area contributed by atoms with Crippen molar-refractivity contribution in [2.24, 2.45) is 17.8 Å². The van der Waals surface area contributed by atoms with Gasteiger partial charge in [-0.15, -0.1) is 0 Å². The van der Waals surface area contributed by atoms with E-state index in [9.17, 15) is 0 Å². The van der Waals surface area contributed by atoms with Gasteiger partial charge in [-0.1, -0.05) is 32.9 Å². The van der Waals surface area contributed by atoms with E-state index < -0.39 is 0 Å². The van der Waals surface area contributed by atoms with Gasteiger partial charge in [0.15, 0.2) is 0 Å². The molecule has 0 nitrogen and oxygen atoms in total. The van der Waals surface area contributed by atoms with Crippen LogP contribution in [0.5, 0.6) is 0 Å². The fourth-order valence-electron chi connectivity index (χ4n) is 1.97. The minimum atomic E-state index is 0. The lowest BCUT2D eigenvalue weighted by Crippen LogP contribution is -1.97. The van der Waals surface area contributed by atoms with Crippen molar-refractivity contribution in [3.05, 3.63) is 12.2 Å². The van der Waals surface area contributed by atoms with Crippen molar-refractivity contribution in [2.75, 3.05) is 0 Å². The smallest absolute Gasteiger partial charge is 0 e. The van der Waals surface area contributed by atoms with Crippen LogP contribution >= 0.6 is 0 Å². The molecule has 2 bridgehead atoms. The van der Waals surface area contributed by atoms with Crippen LogP contribution in [0.15, 0.2) is 12.2 Å². The maximum absolute atomic E-state index is 2.41. The summed E-state index contributed by atoms with van der Waals surface area (Å²) >= 11 is 0. The molecule has 13 heavy (non-hydrogen) atoms. The molecule has 0 amide bonds. The van der Waals surface area contributed by atoms with Gasteiger partial charge in [-0.2, -0.15) is 0 Å². The highest BCUT2D eigenvalue weighted by molar-refractivity contribution is 5.75. The summed E-state index contributed by atoms with van der Waals surface area (Å²) in [5.74, 6) is 2.89. The Kier molecular flexibility index (Phi) is 6.19. The van der Waals surface area contributed by atoms with Crippen molar-refractivity contribution < 1.29 is 0 Å². The van der Waals surface area contributed by atoms with Gasteiger partial charge in [0.25, 0.3) is 0 Å². The number of hydrogen-bond donors (Lipinski definition) is 0. The fourth-order valence-corrected chi connectivity index (χ4v) is 1.97. The number of fused-ring (bicyclic) bond motifs is 2. The molecule has 73 valence electrons. The van der Waals surface area contributed by atoms with Gasteiger partial charge >= 0.3 is 0 Å². The topological polar surface area (TPSA) is 0 Å². The molecule has 3 radical (unpaired) electrons. The zero-order valence-corrected chi connectivity index (χ0v) is 9.29. The second-order valence-corrected chi connectivity index (χ2v) is 4.84. The molecule has 0 saturated heterocycles. The number of rotatable bonds is 0. The summed E-state index contributed by atoms with van der Waals surface area (Å²) in [6, 6.07) is 0. The van der Waals surface area contributed by atoms with Crippen LogP contribution < -0.4 is 0 Å². The zero-order chi connectivity index (χ0) is 8.97. The molecule has 0 aliphatic heterocycles. The van der Waals surface area contributed by atoms with E-state index in [0.717, 1.165) is 17.8 Å². The Hall–Kier alpha value is -0.195. The summed E-state index contributed by atoms with van der Waals surface area (Å²) < 4.78 is 0. The first kappa shape index (κ1) is 12.8. The highest BCUT2D eigenvalue weighted by Crippen LogP contribution is 2.37. The second kappa shape index (κ2) is 6.29. The SMILES string of the molecule is C1=CC2CCC(C1)C2.CC(C)C.[B]. The number of allylic oxidation sites excluding steroid dienone is 2. The Morgan fingerprint density at radius 3 is 2.23 bits per heavy atom. The molecule has 0 N–H and O–H groups in total. The fraction of sp³-hybridized carbons (Fsp3) is 0.833. The van der Waals surface area contributed by atoms with Crippen LogP contribution in [0, 0.1) is 17.8 Å². The van der Waals surface area contributed by atoms with Crippen molar-refractivity contribution in [3.63, 3.8) is 0 Å². The minimum Gasteiger partial charge on any atom is -0.0880 e. The molecule has 0 spiro atoms. The zero-order valence-electron chi connectivity index (χ0n) is 9.29. The molecular weight excluding hydrogens is 155 g/mol. The van der Waals surface area contributed by atoms with Crippen LogP contribution in [0.4, 0.5) is 0 Å². The average molecular weight is 177 g/mol. The van der Waals surface area contributed by atoms with Crippen molar-refractivity contribution in [2.45, 2.75) is 46.5 Å². The third-order valence-electron chi connectivity index (χ3n) is 2.46. The van der Waals surface area contributed by atoms with Crippen molar-refractivity contribution in [1.82, 2.24) is 0 Å². The quantitative estimate of drug-likeness (QED) is 0.391. The third-order valence-corrected chi connectivity index (χ3v) is 2.46. The van der Waals surface area contributed by atoms with E-state index in [1.807, 2.05) is 0 Å². The van der Waals surface area contributed by atoms with Crippen LogP contribution in [-0.4, -0.2) is 8.41 Å². The van der Waals surface area contributed by atoms with Crippen LogP contribution in [-0.2, 0) is 0 Å². The summed E-state index contributed by atoms with van der Waals surface area (Å²) in [4.78, 5) is 0. The van der Waals surface area contributed by atoms with E-state index in [1.54, 1.807) is 0 Å². The van der Waals surface area contributed by atoms with Gasteiger partial charge in [0.05, 0.1) is 0 Å². The molecule has 1 fully saturated rings. The van der Waals surface area contributed by atoms with E-state index in [2.05, 4.69) is 32.9 Å². The molecule has 2 rings (SSSR count).